The van der Waals surface area contributed by atoms with E-state index < -0.39 is 11.4 Å². The van der Waals surface area contributed by atoms with Crippen molar-refractivity contribution in [2.24, 2.45) is 0 Å². The van der Waals surface area contributed by atoms with Crippen LogP contribution in [0.5, 0.6) is 0 Å². The van der Waals surface area contributed by atoms with E-state index in [2.05, 4.69) is 10.3 Å². The third kappa shape index (κ3) is 3.58. The second kappa shape index (κ2) is 6.81. The fraction of sp³-hybridized carbons (Fsp3) is 0.333. The number of hydrogen-bond donors (Lipinski definition) is 3. The van der Waals surface area contributed by atoms with Crippen molar-refractivity contribution < 1.29 is 9.90 Å². The molecule has 2 rings (SSSR count). The van der Waals surface area contributed by atoms with Crippen molar-refractivity contribution >= 4 is 34.3 Å². The monoisotopic (exact) mass is 323 g/mol. The van der Waals surface area contributed by atoms with E-state index in [0.717, 1.165) is 13.0 Å². The Morgan fingerprint density at radius 2 is 2.14 bits per heavy atom. The van der Waals surface area contributed by atoms with Crippen LogP contribution in [0.25, 0.3) is 10.9 Å². The maximum Gasteiger partial charge on any atom is 0.343 e. The third-order valence-corrected chi connectivity index (χ3v) is 3.50. The maximum atomic E-state index is 12.4. The van der Waals surface area contributed by atoms with Crippen molar-refractivity contribution in [3.63, 3.8) is 0 Å². The molecule has 0 spiro atoms. The van der Waals surface area contributed by atoms with E-state index in [0.29, 0.717) is 22.5 Å². The van der Waals surface area contributed by atoms with E-state index >= 15 is 0 Å². The van der Waals surface area contributed by atoms with Crippen LogP contribution in [-0.4, -0.2) is 48.1 Å². The minimum atomic E-state index is -1.26. The summed E-state index contributed by atoms with van der Waals surface area (Å²) >= 11 is 5.92. The number of carbonyl (C=O) groups is 1. The van der Waals surface area contributed by atoms with Gasteiger partial charge in [-0.1, -0.05) is 11.6 Å². The predicted molar refractivity (Wildman–Crippen MR) is 88.2 cm³/mol. The molecule has 118 valence electrons. The lowest BCUT2D eigenvalue weighted by Crippen LogP contribution is -2.22. The van der Waals surface area contributed by atoms with Crippen LogP contribution in [0.1, 0.15) is 16.8 Å². The van der Waals surface area contributed by atoms with Crippen LogP contribution in [-0.2, 0) is 0 Å². The second-order valence-corrected chi connectivity index (χ2v) is 5.72. The Kier molecular flexibility index (Phi) is 5.05. The molecule has 0 atom stereocenters. The number of pyridine rings is 1. The first-order chi connectivity index (χ1) is 10.4. The van der Waals surface area contributed by atoms with Gasteiger partial charge < -0.3 is 20.3 Å². The Morgan fingerprint density at radius 3 is 2.77 bits per heavy atom. The van der Waals surface area contributed by atoms with Crippen LogP contribution >= 0.6 is 11.6 Å². The number of anilines is 1. The number of aromatic amines is 1. The Balaban J connectivity index is 2.40. The highest BCUT2D eigenvalue weighted by atomic mass is 35.5. The first-order valence-electron chi connectivity index (χ1n) is 6.87. The first-order valence-corrected chi connectivity index (χ1v) is 7.25. The molecule has 0 fully saturated rings. The van der Waals surface area contributed by atoms with E-state index in [1.165, 1.54) is 6.07 Å². The molecule has 0 saturated heterocycles. The SMILES string of the molecule is CN(C)CCCNc1[nH]c2cc(Cl)ccc2c(=O)c1C(=O)O. The van der Waals surface area contributed by atoms with Gasteiger partial charge in [-0.3, -0.25) is 4.79 Å². The summed E-state index contributed by atoms with van der Waals surface area (Å²) in [6.45, 7) is 1.42. The Hall–Kier alpha value is -2.05. The Labute approximate surface area is 132 Å². The highest BCUT2D eigenvalue weighted by molar-refractivity contribution is 6.31. The van der Waals surface area contributed by atoms with Gasteiger partial charge in [0, 0.05) is 17.0 Å². The highest BCUT2D eigenvalue weighted by Crippen LogP contribution is 2.19. The number of fused-ring (bicyclic) bond motifs is 1. The Bertz CT molecular complexity index is 756. The number of carboxylic acids is 1. The number of hydrogen-bond acceptors (Lipinski definition) is 4. The van der Waals surface area contributed by atoms with Crippen LogP contribution in [0.4, 0.5) is 5.82 Å². The van der Waals surface area contributed by atoms with Gasteiger partial charge in [-0.15, -0.1) is 0 Å². The molecule has 3 N–H and O–H groups in total. The molecule has 0 aliphatic carbocycles. The number of aromatic nitrogens is 1. The summed E-state index contributed by atoms with van der Waals surface area (Å²) in [5.74, 6) is -1.04. The number of H-pyrrole nitrogens is 1. The summed E-state index contributed by atoms with van der Waals surface area (Å²) in [6, 6.07) is 4.70. The zero-order valence-electron chi connectivity index (χ0n) is 12.4. The molecular weight excluding hydrogens is 306 g/mol. The summed E-state index contributed by atoms with van der Waals surface area (Å²) in [6.07, 6.45) is 0.821. The van der Waals surface area contributed by atoms with Gasteiger partial charge in [-0.25, -0.2) is 4.79 Å². The summed E-state index contributed by atoms with van der Waals surface area (Å²) in [4.78, 5) is 28.7. The predicted octanol–water partition coefficient (Wildman–Crippen LogP) is 2.24. The van der Waals surface area contributed by atoms with Gasteiger partial charge in [0.15, 0.2) is 0 Å². The fourth-order valence-electron chi connectivity index (χ4n) is 2.21. The van der Waals surface area contributed by atoms with Crippen molar-refractivity contribution in [2.75, 3.05) is 32.5 Å². The van der Waals surface area contributed by atoms with Crippen LogP contribution in [0.15, 0.2) is 23.0 Å². The van der Waals surface area contributed by atoms with Crippen LogP contribution in [0, 0.1) is 0 Å². The number of aromatic carboxylic acids is 1. The van der Waals surface area contributed by atoms with Gasteiger partial charge in [0.05, 0.1) is 5.52 Å². The smallest absolute Gasteiger partial charge is 0.343 e. The normalized spacial score (nSPS) is 11.1. The van der Waals surface area contributed by atoms with Gasteiger partial charge in [-0.05, 0) is 45.3 Å². The summed E-state index contributed by atoms with van der Waals surface area (Å²) in [7, 11) is 3.92. The number of benzene rings is 1. The number of nitrogens with one attached hydrogen (secondary N) is 2. The molecule has 22 heavy (non-hydrogen) atoms. The van der Waals surface area contributed by atoms with E-state index in [-0.39, 0.29) is 11.4 Å². The lowest BCUT2D eigenvalue weighted by molar-refractivity contribution is 0.0696. The van der Waals surface area contributed by atoms with Gasteiger partial charge in [-0.2, -0.15) is 0 Å². The number of halogens is 1. The molecule has 0 amide bonds. The molecule has 2 aromatic rings. The zero-order valence-corrected chi connectivity index (χ0v) is 13.2. The van der Waals surface area contributed by atoms with Crippen molar-refractivity contribution in [1.29, 1.82) is 0 Å². The molecule has 6 nitrogen and oxygen atoms in total. The lowest BCUT2D eigenvalue weighted by Gasteiger charge is -2.13. The molecule has 7 heteroatoms. The molecule has 0 aliphatic heterocycles. The average Bonchev–Trinajstić information content (AvgIpc) is 2.42. The summed E-state index contributed by atoms with van der Waals surface area (Å²) < 4.78 is 0. The van der Waals surface area contributed by atoms with E-state index in [9.17, 15) is 14.7 Å². The molecule has 0 radical (unpaired) electrons. The largest absolute Gasteiger partial charge is 0.477 e. The molecule has 0 aliphatic rings. The second-order valence-electron chi connectivity index (χ2n) is 5.28. The zero-order chi connectivity index (χ0) is 16.3. The molecule has 0 bridgehead atoms. The van der Waals surface area contributed by atoms with Gasteiger partial charge in [0.2, 0.25) is 5.43 Å². The number of nitrogens with zero attached hydrogens (tertiary/aromatic N) is 1. The Morgan fingerprint density at radius 1 is 1.41 bits per heavy atom. The molecule has 1 aromatic heterocycles. The quantitative estimate of drug-likeness (QED) is 0.710. The van der Waals surface area contributed by atoms with Crippen molar-refractivity contribution in [2.45, 2.75) is 6.42 Å². The number of carboxylic acid groups (broad SMARTS) is 1. The topological polar surface area (TPSA) is 85.4 Å². The van der Waals surface area contributed by atoms with Gasteiger partial charge >= 0.3 is 5.97 Å². The summed E-state index contributed by atoms with van der Waals surface area (Å²) in [5.41, 5.74) is -0.287. The molecular formula is C15H18ClN3O3. The molecule has 1 aromatic carbocycles. The van der Waals surface area contributed by atoms with E-state index in [1.807, 2.05) is 19.0 Å². The molecule has 0 unspecified atom stereocenters. The molecule has 1 heterocycles. The third-order valence-electron chi connectivity index (χ3n) is 3.26. The van der Waals surface area contributed by atoms with Crippen LogP contribution < -0.4 is 10.7 Å². The summed E-state index contributed by atoms with van der Waals surface area (Å²) in [5, 5.41) is 13.1. The van der Waals surface area contributed by atoms with Crippen molar-refractivity contribution in [3.05, 3.63) is 39.0 Å². The van der Waals surface area contributed by atoms with Gasteiger partial charge in [0.1, 0.15) is 11.4 Å². The molecule has 0 saturated carbocycles. The van der Waals surface area contributed by atoms with Gasteiger partial charge in [0.25, 0.3) is 0 Å². The minimum absolute atomic E-state index is 0.214. The number of rotatable bonds is 6. The average molecular weight is 324 g/mol. The first kappa shape index (κ1) is 16.3. The van der Waals surface area contributed by atoms with Crippen molar-refractivity contribution in [3.8, 4) is 0 Å². The van der Waals surface area contributed by atoms with Crippen LogP contribution in [0.3, 0.4) is 0 Å². The minimum Gasteiger partial charge on any atom is -0.477 e. The van der Waals surface area contributed by atoms with Crippen molar-refractivity contribution in [1.82, 2.24) is 9.88 Å². The standard InChI is InChI=1S/C15H18ClN3O3/c1-19(2)7-3-6-17-14-12(15(21)22)13(20)10-5-4-9(16)8-11(10)18-14/h4-5,8H,3,6-7H2,1-2H3,(H,21,22)(H2,17,18,20). The van der Waals surface area contributed by atoms with E-state index in [4.69, 9.17) is 11.6 Å². The van der Waals surface area contributed by atoms with E-state index in [1.54, 1.807) is 12.1 Å². The highest BCUT2D eigenvalue weighted by Gasteiger charge is 2.18. The van der Waals surface area contributed by atoms with Crippen LogP contribution in [0.2, 0.25) is 5.02 Å². The lowest BCUT2D eigenvalue weighted by atomic mass is 10.1. The fourth-order valence-corrected chi connectivity index (χ4v) is 2.38. The maximum absolute atomic E-state index is 12.4.